The smallest absolute Gasteiger partial charge is 0.311 e. The Bertz CT molecular complexity index is 369. The molecule has 6 nitrogen and oxygen atoms in total. The summed E-state index contributed by atoms with van der Waals surface area (Å²) in [6.07, 6.45) is -0.414. The van der Waals surface area contributed by atoms with Crippen molar-refractivity contribution < 1.29 is 19.8 Å². The Morgan fingerprint density at radius 3 is 2.36 bits per heavy atom. The summed E-state index contributed by atoms with van der Waals surface area (Å²) in [5.74, 6) is -1.70. The largest absolute Gasteiger partial charge is 0.481 e. The molecule has 1 aromatic heterocycles. The van der Waals surface area contributed by atoms with Gasteiger partial charge in [-0.05, 0) is 6.92 Å². The number of carbonyl (C=O) groups is 2. The van der Waals surface area contributed by atoms with Gasteiger partial charge in [0.05, 0.1) is 12.1 Å². The molecule has 1 rings (SSSR count). The van der Waals surface area contributed by atoms with Gasteiger partial charge in [-0.15, -0.1) is 0 Å². The molecule has 0 aromatic carbocycles. The first-order valence-electron chi connectivity index (χ1n) is 3.97. The van der Waals surface area contributed by atoms with Gasteiger partial charge in [0.1, 0.15) is 12.2 Å². The third-order valence-corrected chi connectivity index (χ3v) is 1.67. The van der Waals surface area contributed by atoms with Gasteiger partial charge >= 0.3 is 11.9 Å². The van der Waals surface area contributed by atoms with Gasteiger partial charge in [-0.2, -0.15) is 0 Å². The van der Waals surface area contributed by atoms with Crippen LogP contribution < -0.4 is 0 Å². The summed E-state index contributed by atoms with van der Waals surface area (Å²) >= 11 is 0. The molecule has 0 bridgehead atoms. The first kappa shape index (κ1) is 10.2. The minimum absolute atomic E-state index is 0.193. The van der Waals surface area contributed by atoms with Gasteiger partial charge in [0.25, 0.3) is 0 Å². The summed E-state index contributed by atoms with van der Waals surface area (Å²) < 4.78 is 0. The highest BCUT2D eigenvalue weighted by atomic mass is 16.4. The van der Waals surface area contributed by atoms with Crippen LogP contribution in [-0.2, 0) is 22.4 Å². The van der Waals surface area contributed by atoms with E-state index in [4.69, 9.17) is 10.2 Å². The number of hydrogen-bond acceptors (Lipinski definition) is 3. The molecule has 0 saturated carbocycles. The highest BCUT2D eigenvalue weighted by Crippen LogP contribution is 2.06. The van der Waals surface area contributed by atoms with E-state index in [0.29, 0.717) is 11.4 Å². The van der Waals surface area contributed by atoms with Crippen LogP contribution in [0, 0.1) is 6.92 Å². The molecule has 0 fully saturated rings. The molecule has 6 heteroatoms. The number of H-pyrrole nitrogens is 1. The summed E-state index contributed by atoms with van der Waals surface area (Å²) in [4.78, 5) is 27.3. The van der Waals surface area contributed by atoms with E-state index in [1.807, 2.05) is 0 Å². The number of nitrogens with zero attached hydrogens (tertiary/aromatic N) is 1. The number of aromatic amines is 1. The number of nitrogens with one attached hydrogen (secondary N) is 1. The molecule has 0 radical (unpaired) electrons. The Hall–Kier alpha value is -1.85. The Kier molecular flexibility index (Phi) is 2.85. The van der Waals surface area contributed by atoms with Gasteiger partial charge < -0.3 is 15.2 Å². The molecule has 1 heterocycles. The second kappa shape index (κ2) is 3.91. The van der Waals surface area contributed by atoms with Gasteiger partial charge in [-0.25, -0.2) is 4.98 Å². The van der Waals surface area contributed by atoms with Gasteiger partial charge in [-0.3, -0.25) is 9.59 Å². The van der Waals surface area contributed by atoms with E-state index in [0.717, 1.165) is 0 Å². The third-order valence-electron chi connectivity index (χ3n) is 1.67. The zero-order valence-corrected chi connectivity index (χ0v) is 7.57. The van der Waals surface area contributed by atoms with Crippen LogP contribution >= 0.6 is 0 Å². The molecule has 0 aliphatic rings. The number of hydrogen-bond donors (Lipinski definition) is 3. The van der Waals surface area contributed by atoms with Gasteiger partial charge in [0.15, 0.2) is 0 Å². The van der Waals surface area contributed by atoms with Crippen molar-refractivity contribution in [1.82, 2.24) is 9.97 Å². The van der Waals surface area contributed by atoms with Crippen LogP contribution in [0.1, 0.15) is 17.2 Å². The minimum Gasteiger partial charge on any atom is -0.481 e. The van der Waals surface area contributed by atoms with Crippen molar-refractivity contribution in [1.29, 1.82) is 0 Å². The van der Waals surface area contributed by atoms with Gasteiger partial charge in [0.2, 0.25) is 0 Å². The van der Waals surface area contributed by atoms with Crippen LogP contribution in [0.2, 0.25) is 0 Å². The van der Waals surface area contributed by atoms with Crippen molar-refractivity contribution in [2.24, 2.45) is 0 Å². The Balaban J connectivity index is 2.81. The van der Waals surface area contributed by atoms with Gasteiger partial charge in [-0.1, -0.05) is 0 Å². The highest BCUT2D eigenvalue weighted by molar-refractivity contribution is 5.71. The zero-order valence-electron chi connectivity index (χ0n) is 7.57. The molecule has 0 aliphatic heterocycles. The van der Waals surface area contributed by atoms with Crippen LogP contribution in [0.5, 0.6) is 0 Å². The van der Waals surface area contributed by atoms with E-state index < -0.39 is 11.9 Å². The van der Waals surface area contributed by atoms with E-state index in [9.17, 15) is 9.59 Å². The monoisotopic (exact) mass is 198 g/mol. The second-order valence-corrected chi connectivity index (χ2v) is 2.90. The SMILES string of the molecule is Cc1[nH]c(CC(=O)O)nc1CC(=O)O. The molecule has 3 N–H and O–H groups in total. The fourth-order valence-corrected chi connectivity index (χ4v) is 1.11. The summed E-state index contributed by atoms with van der Waals surface area (Å²) in [5, 5.41) is 17.0. The Morgan fingerprint density at radius 2 is 1.86 bits per heavy atom. The van der Waals surface area contributed by atoms with Crippen LogP contribution in [0.25, 0.3) is 0 Å². The number of aryl methyl sites for hydroxylation is 1. The van der Waals surface area contributed by atoms with Crippen molar-refractivity contribution >= 4 is 11.9 Å². The van der Waals surface area contributed by atoms with E-state index in [1.165, 1.54) is 0 Å². The number of rotatable bonds is 4. The lowest BCUT2D eigenvalue weighted by molar-refractivity contribution is -0.137. The third kappa shape index (κ3) is 2.58. The summed E-state index contributed by atoms with van der Waals surface area (Å²) in [6, 6.07) is 0. The topological polar surface area (TPSA) is 103 Å². The van der Waals surface area contributed by atoms with Gasteiger partial charge in [0, 0.05) is 5.69 Å². The van der Waals surface area contributed by atoms with Crippen molar-refractivity contribution in [3.8, 4) is 0 Å². The Labute approximate surface area is 79.6 Å². The molecule has 0 saturated heterocycles. The number of carboxylic acids is 2. The van der Waals surface area contributed by atoms with Crippen LogP contribution in [0.4, 0.5) is 0 Å². The molecule has 0 atom stereocenters. The van der Waals surface area contributed by atoms with E-state index >= 15 is 0 Å². The molecule has 0 spiro atoms. The maximum Gasteiger partial charge on any atom is 0.311 e. The fourth-order valence-electron chi connectivity index (χ4n) is 1.11. The molecule has 0 aliphatic carbocycles. The highest BCUT2D eigenvalue weighted by Gasteiger charge is 2.11. The molecular weight excluding hydrogens is 188 g/mol. The summed E-state index contributed by atoms with van der Waals surface area (Å²) in [5.41, 5.74) is 0.984. The predicted molar refractivity (Wildman–Crippen MR) is 46.0 cm³/mol. The van der Waals surface area contributed by atoms with E-state index in [-0.39, 0.29) is 18.7 Å². The first-order chi connectivity index (χ1) is 6.49. The van der Waals surface area contributed by atoms with Crippen molar-refractivity contribution in [3.05, 3.63) is 17.2 Å². The van der Waals surface area contributed by atoms with Crippen molar-refractivity contribution in [3.63, 3.8) is 0 Å². The zero-order chi connectivity index (χ0) is 10.7. The predicted octanol–water partition coefficient (Wildman–Crippen LogP) is -0.0277. The molecule has 0 unspecified atom stereocenters. The first-order valence-corrected chi connectivity index (χ1v) is 3.97. The quantitative estimate of drug-likeness (QED) is 0.630. The minimum atomic E-state index is -0.999. The van der Waals surface area contributed by atoms with Crippen LogP contribution in [0.15, 0.2) is 0 Å². The Morgan fingerprint density at radius 1 is 1.29 bits per heavy atom. The number of imidazole rings is 1. The molecule has 0 amide bonds. The van der Waals surface area contributed by atoms with Crippen LogP contribution in [0.3, 0.4) is 0 Å². The average Bonchev–Trinajstić information content (AvgIpc) is 2.28. The number of aliphatic carboxylic acids is 2. The van der Waals surface area contributed by atoms with E-state index in [1.54, 1.807) is 6.92 Å². The lowest BCUT2D eigenvalue weighted by atomic mass is 10.3. The number of carboxylic acid groups (broad SMARTS) is 2. The average molecular weight is 198 g/mol. The van der Waals surface area contributed by atoms with Crippen molar-refractivity contribution in [2.75, 3.05) is 0 Å². The van der Waals surface area contributed by atoms with E-state index in [2.05, 4.69) is 9.97 Å². The second-order valence-electron chi connectivity index (χ2n) is 2.90. The lowest BCUT2D eigenvalue weighted by Crippen LogP contribution is -2.03. The normalized spacial score (nSPS) is 10.1. The molecular formula is C8H10N2O4. The number of aromatic nitrogens is 2. The molecule has 14 heavy (non-hydrogen) atoms. The molecule has 76 valence electrons. The summed E-state index contributed by atoms with van der Waals surface area (Å²) in [6.45, 7) is 1.66. The van der Waals surface area contributed by atoms with Crippen LogP contribution in [-0.4, -0.2) is 32.1 Å². The standard InChI is InChI=1S/C8H10N2O4/c1-4-5(2-7(11)12)10-6(9-4)3-8(13)14/h2-3H2,1H3,(H,9,10)(H,11,12)(H,13,14). The maximum absolute atomic E-state index is 10.4. The lowest BCUT2D eigenvalue weighted by Gasteiger charge is -1.90. The fraction of sp³-hybridized carbons (Fsp3) is 0.375. The van der Waals surface area contributed by atoms with Crippen molar-refractivity contribution in [2.45, 2.75) is 19.8 Å². The molecule has 1 aromatic rings. The summed E-state index contributed by atoms with van der Waals surface area (Å²) in [7, 11) is 0. The maximum atomic E-state index is 10.4.